The van der Waals surface area contributed by atoms with E-state index in [9.17, 15) is 5.11 Å². The van der Waals surface area contributed by atoms with Crippen molar-refractivity contribution in [2.24, 2.45) is 11.8 Å². The first-order valence-electron chi connectivity index (χ1n) is 6.62. The zero-order valence-corrected chi connectivity index (χ0v) is 10.3. The molecule has 1 saturated carbocycles. The maximum absolute atomic E-state index is 10.4. The van der Waals surface area contributed by atoms with Gasteiger partial charge in [-0.05, 0) is 36.2 Å². The Balaban J connectivity index is 1.64. The van der Waals surface area contributed by atoms with E-state index < -0.39 is 0 Å². The molecule has 1 aromatic rings. The molecule has 1 heterocycles. The van der Waals surface area contributed by atoms with Gasteiger partial charge in [0.25, 0.3) is 0 Å². The van der Waals surface area contributed by atoms with Crippen molar-refractivity contribution in [3.05, 3.63) is 35.9 Å². The van der Waals surface area contributed by atoms with E-state index in [0.29, 0.717) is 17.8 Å². The fraction of sp³-hybridized carbons (Fsp3) is 0.600. The normalized spacial score (nSPS) is 38.0. The van der Waals surface area contributed by atoms with Gasteiger partial charge in [0.15, 0.2) is 0 Å². The quantitative estimate of drug-likeness (QED) is 0.868. The maximum atomic E-state index is 10.4. The fourth-order valence-electron chi connectivity index (χ4n) is 3.07. The molecule has 2 heteroatoms. The summed E-state index contributed by atoms with van der Waals surface area (Å²) >= 11 is 0. The van der Waals surface area contributed by atoms with Crippen LogP contribution in [-0.2, 0) is 4.74 Å². The lowest BCUT2D eigenvalue weighted by molar-refractivity contribution is -0.0278. The van der Waals surface area contributed by atoms with Crippen molar-refractivity contribution in [1.29, 1.82) is 0 Å². The summed E-state index contributed by atoms with van der Waals surface area (Å²) in [6.45, 7) is 2.99. The van der Waals surface area contributed by atoms with Crippen molar-refractivity contribution in [1.82, 2.24) is 0 Å². The van der Waals surface area contributed by atoms with Gasteiger partial charge in [0.1, 0.15) is 0 Å². The Hall–Kier alpha value is -0.860. The van der Waals surface area contributed by atoms with Gasteiger partial charge in [-0.1, -0.05) is 37.3 Å². The monoisotopic (exact) mass is 232 g/mol. The molecule has 92 valence electrons. The second-order valence-corrected chi connectivity index (χ2v) is 5.51. The standard InChI is InChI=1S/C15H20O2/c1-10-7-8-17-15(10)14(16)13-9-12(13)11-5-3-2-4-6-11/h2-6,10,12-16H,7-9H2,1H3. The molecule has 2 nitrogen and oxygen atoms in total. The minimum atomic E-state index is -0.280. The Kier molecular flexibility index (Phi) is 2.93. The lowest BCUT2D eigenvalue weighted by Gasteiger charge is -2.21. The SMILES string of the molecule is CC1CCOC1C(O)C1CC1c1ccccc1. The average Bonchev–Trinajstić information content (AvgIpc) is 3.05. The van der Waals surface area contributed by atoms with Crippen LogP contribution in [0.2, 0.25) is 0 Å². The van der Waals surface area contributed by atoms with E-state index in [1.54, 1.807) is 0 Å². The van der Waals surface area contributed by atoms with Crippen molar-refractivity contribution in [3.8, 4) is 0 Å². The zero-order chi connectivity index (χ0) is 11.8. The number of aliphatic hydroxyl groups excluding tert-OH is 1. The average molecular weight is 232 g/mol. The van der Waals surface area contributed by atoms with Crippen LogP contribution in [0.5, 0.6) is 0 Å². The van der Waals surface area contributed by atoms with Crippen LogP contribution in [0.1, 0.15) is 31.2 Å². The summed E-state index contributed by atoms with van der Waals surface area (Å²) in [5.74, 6) is 1.45. The molecule has 3 rings (SSSR count). The van der Waals surface area contributed by atoms with E-state index in [1.165, 1.54) is 5.56 Å². The molecule has 2 fully saturated rings. The van der Waals surface area contributed by atoms with Gasteiger partial charge >= 0.3 is 0 Å². The molecule has 1 saturated heterocycles. The Morgan fingerprint density at radius 2 is 2.06 bits per heavy atom. The third kappa shape index (κ3) is 2.12. The Morgan fingerprint density at radius 3 is 2.71 bits per heavy atom. The van der Waals surface area contributed by atoms with Crippen molar-refractivity contribution in [3.63, 3.8) is 0 Å². The van der Waals surface area contributed by atoms with Gasteiger partial charge in [0.05, 0.1) is 12.2 Å². The molecule has 0 amide bonds. The second kappa shape index (κ2) is 4.43. The summed E-state index contributed by atoms with van der Waals surface area (Å²) < 4.78 is 5.66. The molecule has 1 N–H and O–H groups in total. The first-order chi connectivity index (χ1) is 8.27. The van der Waals surface area contributed by atoms with Gasteiger partial charge in [-0.25, -0.2) is 0 Å². The number of aliphatic hydroxyl groups is 1. The lowest BCUT2D eigenvalue weighted by Crippen LogP contribution is -2.32. The zero-order valence-electron chi connectivity index (χ0n) is 10.3. The molecule has 5 unspecified atom stereocenters. The predicted molar refractivity (Wildman–Crippen MR) is 66.8 cm³/mol. The van der Waals surface area contributed by atoms with Crippen LogP contribution in [0.15, 0.2) is 30.3 Å². The summed E-state index contributed by atoms with van der Waals surface area (Å²) in [7, 11) is 0. The van der Waals surface area contributed by atoms with E-state index in [1.807, 2.05) is 6.07 Å². The highest BCUT2D eigenvalue weighted by molar-refractivity contribution is 5.26. The van der Waals surface area contributed by atoms with Gasteiger partial charge < -0.3 is 9.84 Å². The van der Waals surface area contributed by atoms with Crippen molar-refractivity contribution in [2.75, 3.05) is 6.61 Å². The molecule has 0 radical (unpaired) electrons. The highest BCUT2D eigenvalue weighted by Gasteiger charge is 2.48. The molecule has 17 heavy (non-hydrogen) atoms. The Bertz CT molecular complexity index is 376. The topological polar surface area (TPSA) is 29.5 Å². The summed E-state index contributed by atoms with van der Waals surface area (Å²) in [6.07, 6.45) is 1.98. The van der Waals surface area contributed by atoms with Crippen LogP contribution in [-0.4, -0.2) is 23.9 Å². The van der Waals surface area contributed by atoms with Crippen molar-refractivity contribution < 1.29 is 9.84 Å². The van der Waals surface area contributed by atoms with Crippen LogP contribution in [0.25, 0.3) is 0 Å². The molecule has 0 spiro atoms. The van der Waals surface area contributed by atoms with Crippen molar-refractivity contribution >= 4 is 0 Å². The van der Waals surface area contributed by atoms with E-state index in [2.05, 4.69) is 31.2 Å². The van der Waals surface area contributed by atoms with Crippen molar-refractivity contribution in [2.45, 2.75) is 37.9 Å². The molecule has 1 aromatic carbocycles. The molecule has 1 aliphatic heterocycles. The van der Waals surface area contributed by atoms with Crippen LogP contribution < -0.4 is 0 Å². The Labute approximate surface area is 103 Å². The van der Waals surface area contributed by atoms with Crippen LogP contribution in [0, 0.1) is 11.8 Å². The van der Waals surface area contributed by atoms with Crippen LogP contribution >= 0.6 is 0 Å². The van der Waals surface area contributed by atoms with Gasteiger partial charge in [0.2, 0.25) is 0 Å². The molecule has 0 aromatic heterocycles. The van der Waals surface area contributed by atoms with Gasteiger partial charge in [-0.2, -0.15) is 0 Å². The molecule has 1 aliphatic carbocycles. The van der Waals surface area contributed by atoms with Gasteiger partial charge in [-0.3, -0.25) is 0 Å². The minimum absolute atomic E-state index is 0.0636. The third-order valence-corrected chi connectivity index (χ3v) is 4.29. The molecular formula is C15H20O2. The maximum Gasteiger partial charge on any atom is 0.0863 e. The molecule has 5 atom stereocenters. The van der Waals surface area contributed by atoms with E-state index in [4.69, 9.17) is 4.74 Å². The molecule has 2 aliphatic rings. The summed E-state index contributed by atoms with van der Waals surface area (Å²) in [5.41, 5.74) is 1.36. The summed E-state index contributed by atoms with van der Waals surface area (Å²) in [6, 6.07) is 10.5. The van der Waals surface area contributed by atoms with Crippen LogP contribution in [0.4, 0.5) is 0 Å². The highest BCUT2D eigenvalue weighted by atomic mass is 16.5. The van der Waals surface area contributed by atoms with Gasteiger partial charge in [0, 0.05) is 6.61 Å². The molecule has 0 bridgehead atoms. The number of ether oxygens (including phenoxy) is 1. The second-order valence-electron chi connectivity index (χ2n) is 5.51. The predicted octanol–water partition coefficient (Wildman–Crippen LogP) is 2.58. The smallest absolute Gasteiger partial charge is 0.0863 e. The minimum Gasteiger partial charge on any atom is -0.390 e. The number of rotatable bonds is 3. The Morgan fingerprint density at radius 1 is 1.29 bits per heavy atom. The number of hydrogen-bond donors (Lipinski definition) is 1. The molecular weight excluding hydrogens is 212 g/mol. The largest absolute Gasteiger partial charge is 0.390 e. The highest BCUT2D eigenvalue weighted by Crippen LogP contribution is 2.51. The van der Waals surface area contributed by atoms with E-state index >= 15 is 0 Å². The summed E-state index contributed by atoms with van der Waals surface area (Å²) in [4.78, 5) is 0. The van der Waals surface area contributed by atoms with Gasteiger partial charge in [-0.15, -0.1) is 0 Å². The third-order valence-electron chi connectivity index (χ3n) is 4.29. The first-order valence-corrected chi connectivity index (χ1v) is 6.62. The summed E-state index contributed by atoms with van der Waals surface area (Å²) in [5, 5.41) is 10.4. The number of hydrogen-bond acceptors (Lipinski definition) is 2. The first kappa shape index (κ1) is 11.2. The number of benzene rings is 1. The van der Waals surface area contributed by atoms with E-state index in [-0.39, 0.29) is 12.2 Å². The van der Waals surface area contributed by atoms with Crippen LogP contribution in [0.3, 0.4) is 0 Å². The fourth-order valence-corrected chi connectivity index (χ4v) is 3.07. The lowest BCUT2D eigenvalue weighted by atomic mass is 9.95. The van der Waals surface area contributed by atoms with E-state index in [0.717, 1.165) is 19.4 Å².